The highest BCUT2D eigenvalue weighted by molar-refractivity contribution is 5.98. The van der Waals surface area contributed by atoms with E-state index in [1.807, 2.05) is 61.2 Å². The Balaban J connectivity index is 1.38. The van der Waals surface area contributed by atoms with Crippen molar-refractivity contribution < 1.29 is 0 Å². The van der Waals surface area contributed by atoms with E-state index in [0.29, 0.717) is 0 Å². The first-order valence-electron chi connectivity index (χ1n) is 8.40. The van der Waals surface area contributed by atoms with Crippen molar-refractivity contribution >= 4 is 11.3 Å². The molecule has 0 saturated carbocycles. The van der Waals surface area contributed by atoms with Gasteiger partial charge >= 0.3 is 0 Å². The van der Waals surface area contributed by atoms with Gasteiger partial charge in [0.25, 0.3) is 0 Å². The predicted octanol–water partition coefficient (Wildman–Crippen LogP) is 4.36. The first kappa shape index (κ1) is 15.4. The summed E-state index contributed by atoms with van der Waals surface area (Å²) in [5.74, 6) is 0.751. The lowest BCUT2D eigenvalue weighted by molar-refractivity contribution is 1.01. The summed E-state index contributed by atoms with van der Waals surface area (Å²) < 4.78 is 0. The van der Waals surface area contributed by atoms with E-state index in [4.69, 9.17) is 0 Å². The second-order valence-corrected chi connectivity index (χ2v) is 6.05. The van der Waals surface area contributed by atoms with E-state index >= 15 is 0 Å². The van der Waals surface area contributed by atoms with Crippen LogP contribution in [0.25, 0.3) is 17.0 Å². The number of nitrogens with zero attached hydrogens (tertiary/aromatic N) is 4. The largest absolute Gasteiger partial charge is 0.265 e. The Morgan fingerprint density at radius 3 is 2.40 bits per heavy atom. The van der Waals surface area contributed by atoms with Gasteiger partial charge in [-0.1, -0.05) is 36.4 Å². The molecule has 1 aliphatic rings. The molecular formula is C21H18N4. The number of pyridine rings is 1. The van der Waals surface area contributed by atoms with Crippen molar-refractivity contribution in [2.24, 2.45) is 4.99 Å². The van der Waals surface area contributed by atoms with Gasteiger partial charge in [-0.2, -0.15) is 0 Å². The van der Waals surface area contributed by atoms with Gasteiger partial charge in [0.2, 0.25) is 0 Å². The molecule has 1 aromatic carbocycles. The Morgan fingerprint density at radius 1 is 0.800 bits per heavy atom. The number of hydrogen-bond donors (Lipinski definition) is 0. The van der Waals surface area contributed by atoms with Crippen molar-refractivity contribution in [3.05, 3.63) is 84.6 Å². The topological polar surface area (TPSA) is 51.0 Å². The Bertz CT molecular complexity index is 898. The van der Waals surface area contributed by atoms with Crippen LogP contribution in [0.3, 0.4) is 0 Å². The van der Waals surface area contributed by atoms with Crippen LogP contribution in [0.1, 0.15) is 24.0 Å². The molecule has 4 heteroatoms. The average molecular weight is 326 g/mol. The Hall–Kier alpha value is -3.14. The highest BCUT2D eigenvalue weighted by Crippen LogP contribution is 2.25. The van der Waals surface area contributed by atoms with Crippen molar-refractivity contribution in [1.29, 1.82) is 0 Å². The first-order valence-corrected chi connectivity index (χ1v) is 8.40. The van der Waals surface area contributed by atoms with Crippen LogP contribution in [0.2, 0.25) is 0 Å². The maximum absolute atomic E-state index is 4.57. The highest BCUT2D eigenvalue weighted by Gasteiger charge is 2.13. The molecule has 0 N–H and O–H groups in total. The number of hydrogen-bond acceptors (Lipinski definition) is 4. The third-order valence-electron chi connectivity index (χ3n) is 4.28. The number of aliphatic imine (C=N–C) groups is 1. The molecule has 4 rings (SSSR count). The molecule has 1 aliphatic heterocycles. The van der Waals surface area contributed by atoms with E-state index in [9.17, 15) is 0 Å². The van der Waals surface area contributed by atoms with Gasteiger partial charge in [-0.15, -0.1) is 0 Å². The maximum atomic E-state index is 4.57. The predicted molar refractivity (Wildman–Crippen MR) is 100 cm³/mol. The van der Waals surface area contributed by atoms with Crippen molar-refractivity contribution in [1.82, 2.24) is 15.0 Å². The van der Waals surface area contributed by atoms with Crippen molar-refractivity contribution in [2.45, 2.75) is 19.3 Å². The fraction of sp³-hybridized carbons (Fsp3) is 0.143. The van der Waals surface area contributed by atoms with Gasteiger partial charge in [-0.3, -0.25) is 9.98 Å². The molecule has 25 heavy (non-hydrogen) atoms. The molecular weight excluding hydrogens is 308 g/mol. The maximum Gasteiger partial charge on any atom is 0.159 e. The summed E-state index contributed by atoms with van der Waals surface area (Å²) >= 11 is 0. The van der Waals surface area contributed by atoms with Gasteiger partial charge in [0.1, 0.15) is 0 Å². The van der Waals surface area contributed by atoms with E-state index in [1.165, 1.54) is 16.8 Å². The number of benzene rings is 1. The highest BCUT2D eigenvalue weighted by atomic mass is 14.9. The Kier molecular flexibility index (Phi) is 4.42. The second-order valence-electron chi connectivity index (χ2n) is 6.05. The minimum absolute atomic E-state index is 0.751. The third kappa shape index (κ3) is 3.69. The van der Waals surface area contributed by atoms with Crippen LogP contribution in [0.5, 0.6) is 0 Å². The lowest BCUT2D eigenvalue weighted by Gasteiger charge is -2.05. The van der Waals surface area contributed by atoms with Crippen LogP contribution in [-0.2, 0) is 6.42 Å². The molecule has 3 aromatic rings. The quantitative estimate of drug-likeness (QED) is 0.700. The van der Waals surface area contributed by atoms with Gasteiger partial charge in [0.05, 0.1) is 0 Å². The van der Waals surface area contributed by atoms with E-state index in [0.717, 1.165) is 36.2 Å². The Morgan fingerprint density at radius 2 is 1.64 bits per heavy atom. The van der Waals surface area contributed by atoms with Crippen molar-refractivity contribution in [2.75, 3.05) is 0 Å². The molecule has 0 amide bonds. The summed E-state index contributed by atoms with van der Waals surface area (Å²) in [6.45, 7) is 0. The minimum Gasteiger partial charge on any atom is -0.265 e. The standard InChI is InChI=1S/C21H18N4/c1-2-6-17(7-3-1)21-24-14-19(15-25-21)18-11-20(23-13-18)9-8-16-5-4-10-22-12-16/h1-7,10,12-15H,8-9,11H2. The van der Waals surface area contributed by atoms with Gasteiger partial charge in [0, 0.05) is 54.2 Å². The molecule has 2 aromatic heterocycles. The van der Waals surface area contributed by atoms with Crippen molar-refractivity contribution in [3.63, 3.8) is 0 Å². The summed E-state index contributed by atoms with van der Waals surface area (Å²) in [6.07, 6.45) is 12.2. The third-order valence-corrected chi connectivity index (χ3v) is 4.28. The molecule has 0 atom stereocenters. The molecule has 0 spiro atoms. The normalized spacial score (nSPS) is 13.4. The van der Waals surface area contributed by atoms with Crippen LogP contribution >= 0.6 is 0 Å². The first-order chi connectivity index (χ1) is 12.4. The van der Waals surface area contributed by atoms with Crippen molar-refractivity contribution in [3.8, 4) is 11.4 Å². The molecule has 0 unspecified atom stereocenters. The van der Waals surface area contributed by atoms with E-state index in [2.05, 4.69) is 26.0 Å². The van der Waals surface area contributed by atoms with E-state index < -0.39 is 0 Å². The summed E-state index contributed by atoms with van der Waals surface area (Å²) in [6, 6.07) is 14.1. The fourth-order valence-electron chi connectivity index (χ4n) is 2.87. The van der Waals surface area contributed by atoms with Gasteiger partial charge in [-0.25, -0.2) is 9.97 Å². The number of rotatable bonds is 5. The minimum atomic E-state index is 0.751. The zero-order chi connectivity index (χ0) is 16.9. The molecule has 122 valence electrons. The Labute approximate surface area is 147 Å². The zero-order valence-corrected chi connectivity index (χ0v) is 13.8. The summed E-state index contributed by atoms with van der Waals surface area (Å²) in [5.41, 5.74) is 5.70. The smallest absolute Gasteiger partial charge is 0.159 e. The summed E-state index contributed by atoms with van der Waals surface area (Å²) in [4.78, 5) is 17.7. The fourth-order valence-corrected chi connectivity index (χ4v) is 2.87. The van der Waals surface area contributed by atoms with E-state index in [1.54, 1.807) is 6.20 Å². The molecule has 0 fully saturated rings. The average Bonchev–Trinajstić information content (AvgIpc) is 3.17. The molecule has 0 saturated heterocycles. The second kappa shape index (κ2) is 7.18. The number of aromatic nitrogens is 3. The summed E-state index contributed by atoms with van der Waals surface area (Å²) in [5, 5.41) is 0. The van der Waals surface area contributed by atoms with Gasteiger partial charge in [0.15, 0.2) is 5.82 Å². The molecule has 3 heterocycles. The molecule has 0 radical (unpaired) electrons. The van der Waals surface area contributed by atoms with Gasteiger partial charge in [-0.05, 0) is 30.0 Å². The van der Waals surface area contributed by atoms with Crippen LogP contribution < -0.4 is 0 Å². The lowest BCUT2D eigenvalue weighted by atomic mass is 10.0. The van der Waals surface area contributed by atoms with Crippen LogP contribution in [0, 0.1) is 0 Å². The van der Waals surface area contributed by atoms with Crippen LogP contribution in [0.15, 0.2) is 78.4 Å². The number of allylic oxidation sites excluding steroid dienone is 1. The SMILES string of the molecule is C1=C(c2cnc(-c3ccccc3)nc2)CC(CCc2cccnc2)=N1. The van der Waals surface area contributed by atoms with Gasteiger partial charge < -0.3 is 0 Å². The molecule has 4 nitrogen and oxygen atoms in total. The monoisotopic (exact) mass is 326 g/mol. The molecule has 0 bridgehead atoms. The summed E-state index contributed by atoms with van der Waals surface area (Å²) in [7, 11) is 0. The molecule has 0 aliphatic carbocycles. The van der Waals surface area contributed by atoms with E-state index in [-0.39, 0.29) is 0 Å². The van der Waals surface area contributed by atoms with Crippen LogP contribution in [-0.4, -0.2) is 20.7 Å². The van der Waals surface area contributed by atoms with Crippen LogP contribution in [0.4, 0.5) is 0 Å². The number of aryl methyl sites for hydroxylation is 1. The lowest BCUT2D eigenvalue weighted by Crippen LogP contribution is -1.99. The zero-order valence-electron chi connectivity index (χ0n) is 13.8.